The monoisotopic (exact) mass is 467 g/mol. The molecule has 5 rings (SSSR count). The molecule has 0 unspecified atom stereocenters. The first-order chi connectivity index (χ1) is 17.0. The first kappa shape index (κ1) is 22.4. The maximum Gasteiger partial charge on any atom is 0.261 e. The third-order valence-corrected chi connectivity index (χ3v) is 6.41. The zero-order valence-corrected chi connectivity index (χ0v) is 19.6. The molecule has 1 aliphatic rings. The van der Waals surface area contributed by atoms with E-state index in [4.69, 9.17) is 4.74 Å². The lowest BCUT2D eigenvalue weighted by Crippen LogP contribution is -2.29. The molecule has 0 bridgehead atoms. The highest BCUT2D eigenvalue weighted by Gasteiger charge is 2.35. The Balaban J connectivity index is 1.31. The second-order valence-electron chi connectivity index (χ2n) is 8.56. The van der Waals surface area contributed by atoms with Crippen molar-refractivity contribution in [3.05, 3.63) is 100 Å². The number of methoxy groups -OCH3 is 1. The lowest BCUT2D eigenvalue weighted by molar-refractivity contribution is 0.0642. The van der Waals surface area contributed by atoms with E-state index in [0.717, 1.165) is 16.6 Å². The fourth-order valence-electron chi connectivity index (χ4n) is 4.65. The van der Waals surface area contributed by atoms with Crippen molar-refractivity contribution in [1.29, 1.82) is 0 Å². The van der Waals surface area contributed by atoms with Crippen LogP contribution in [0.25, 0.3) is 10.9 Å². The third kappa shape index (κ3) is 4.05. The van der Waals surface area contributed by atoms with Gasteiger partial charge in [-0.2, -0.15) is 0 Å². The molecule has 3 amide bonds. The van der Waals surface area contributed by atoms with Gasteiger partial charge in [-0.15, -0.1) is 0 Å². The fraction of sp³-hybridized carbons (Fsp3) is 0.179. The highest BCUT2D eigenvalue weighted by atomic mass is 16.5. The minimum atomic E-state index is -0.332. The number of fused-ring (bicyclic) bond motifs is 2. The minimum Gasteiger partial charge on any atom is -0.496 e. The summed E-state index contributed by atoms with van der Waals surface area (Å²) in [5.74, 6) is -0.511. The van der Waals surface area contributed by atoms with Gasteiger partial charge in [-0.25, -0.2) is 0 Å². The van der Waals surface area contributed by atoms with Crippen molar-refractivity contribution in [1.82, 2.24) is 15.2 Å². The highest BCUT2D eigenvalue weighted by molar-refractivity contribution is 6.21. The van der Waals surface area contributed by atoms with Gasteiger partial charge in [-0.05, 0) is 54.8 Å². The molecule has 35 heavy (non-hydrogen) atoms. The Morgan fingerprint density at radius 3 is 2.37 bits per heavy atom. The summed E-state index contributed by atoms with van der Waals surface area (Å²) in [7, 11) is 1.51. The average Bonchev–Trinajstić information content (AvgIpc) is 3.32. The molecule has 0 saturated heterocycles. The van der Waals surface area contributed by atoms with Crippen LogP contribution in [0.1, 0.15) is 47.9 Å². The summed E-state index contributed by atoms with van der Waals surface area (Å²) in [6.07, 6.45) is 0.679. The zero-order chi connectivity index (χ0) is 24.5. The quantitative estimate of drug-likeness (QED) is 0.398. The second kappa shape index (κ2) is 9.10. The van der Waals surface area contributed by atoms with E-state index in [1.165, 1.54) is 17.6 Å². The van der Waals surface area contributed by atoms with Crippen LogP contribution in [0, 0.1) is 6.92 Å². The van der Waals surface area contributed by atoms with Crippen molar-refractivity contribution in [3.8, 4) is 5.75 Å². The largest absolute Gasteiger partial charge is 0.496 e. The van der Waals surface area contributed by atoms with Crippen molar-refractivity contribution in [2.75, 3.05) is 13.7 Å². The first-order valence-electron chi connectivity index (χ1n) is 11.4. The van der Waals surface area contributed by atoms with E-state index in [1.807, 2.05) is 25.1 Å². The van der Waals surface area contributed by atoms with Crippen LogP contribution in [0.5, 0.6) is 5.75 Å². The lowest BCUT2D eigenvalue weighted by atomic mass is 10.1. The Morgan fingerprint density at radius 2 is 1.66 bits per heavy atom. The smallest absolute Gasteiger partial charge is 0.261 e. The second-order valence-corrected chi connectivity index (χ2v) is 8.56. The number of ether oxygens (including phenoxy) is 1. The highest BCUT2D eigenvalue weighted by Crippen LogP contribution is 2.27. The van der Waals surface area contributed by atoms with Crippen LogP contribution >= 0.6 is 0 Å². The number of imide groups is 1. The van der Waals surface area contributed by atoms with E-state index in [1.54, 1.807) is 42.5 Å². The number of aromatic nitrogens is 1. The number of para-hydroxylation sites is 1. The molecule has 0 saturated carbocycles. The first-order valence-corrected chi connectivity index (χ1v) is 11.4. The minimum absolute atomic E-state index is 0.0746. The van der Waals surface area contributed by atoms with Crippen molar-refractivity contribution in [2.24, 2.45) is 0 Å². The Kier molecular flexibility index (Phi) is 5.82. The number of rotatable bonds is 7. The van der Waals surface area contributed by atoms with E-state index in [0.29, 0.717) is 41.0 Å². The van der Waals surface area contributed by atoms with Gasteiger partial charge in [-0.1, -0.05) is 36.4 Å². The normalized spacial score (nSPS) is 12.8. The molecular formula is C28H25N3O4. The van der Waals surface area contributed by atoms with Gasteiger partial charge in [0.2, 0.25) is 0 Å². The van der Waals surface area contributed by atoms with E-state index in [9.17, 15) is 14.4 Å². The number of hydrogen-bond acceptors (Lipinski definition) is 4. The number of carbonyl (C=O) groups excluding carboxylic acids is 3. The van der Waals surface area contributed by atoms with E-state index < -0.39 is 0 Å². The topological polar surface area (TPSA) is 91.5 Å². The number of nitrogens with zero attached hydrogens (tertiary/aromatic N) is 1. The summed E-state index contributed by atoms with van der Waals surface area (Å²) in [6.45, 7) is 2.56. The Morgan fingerprint density at radius 1 is 0.971 bits per heavy atom. The van der Waals surface area contributed by atoms with Crippen molar-refractivity contribution >= 4 is 28.6 Å². The maximum absolute atomic E-state index is 13.1. The summed E-state index contributed by atoms with van der Waals surface area (Å²) in [4.78, 5) is 43.1. The molecule has 2 N–H and O–H groups in total. The van der Waals surface area contributed by atoms with E-state index in [2.05, 4.69) is 16.4 Å². The van der Waals surface area contributed by atoms with Crippen molar-refractivity contribution < 1.29 is 19.1 Å². The van der Waals surface area contributed by atoms with Crippen LogP contribution in [0.2, 0.25) is 0 Å². The maximum atomic E-state index is 13.1. The molecular weight excluding hydrogens is 442 g/mol. The lowest BCUT2D eigenvalue weighted by Gasteiger charge is -2.16. The van der Waals surface area contributed by atoms with Gasteiger partial charge in [0, 0.05) is 23.1 Å². The SMILES string of the molecule is COc1ccc(CN2C(=O)c3ccccc3C2=O)cc1C(=O)NCCc1c(C)[nH]c2ccccc12. The number of aromatic amines is 1. The Labute approximate surface area is 202 Å². The number of hydrogen-bond donors (Lipinski definition) is 2. The number of nitrogens with one attached hydrogen (secondary N) is 2. The van der Waals surface area contributed by atoms with Crippen LogP contribution in [-0.4, -0.2) is 41.3 Å². The van der Waals surface area contributed by atoms with Crippen LogP contribution in [-0.2, 0) is 13.0 Å². The Bertz CT molecular complexity index is 1440. The van der Waals surface area contributed by atoms with Gasteiger partial charge >= 0.3 is 0 Å². The van der Waals surface area contributed by atoms with Crippen LogP contribution in [0.15, 0.2) is 66.7 Å². The summed E-state index contributed by atoms with van der Waals surface area (Å²) in [6, 6.07) is 20.0. The van der Waals surface area contributed by atoms with Crippen LogP contribution in [0.4, 0.5) is 0 Å². The van der Waals surface area contributed by atoms with Crippen molar-refractivity contribution in [2.45, 2.75) is 19.9 Å². The predicted octanol–water partition coefficient (Wildman–Crippen LogP) is 4.25. The van der Waals surface area contributed by atoms with Gasteiger partial charge in [0.1, 0.15) is 5.75 Å². The molecule has 0 fully saturated rings. The number of benzene rings is 3. The molecule has 0 aliphatic carbocycles. The van der Waals surface area contributed by atoms with Gasteiger partial charge in [0.25, 0.3) is 17.7 Å². The third-order valence-electron chi connectivity index (χ3n) is 6.41. The molecule has 4 aromatic rings. The summed E-state index contributed by atoms with van der Waals surface area (Å²) in [5, 5.41) is 4.13. The standard InChI is InChI=1S/C28H25N3O4/c1-17-19(20-7-5-6-10-24(20)30-17)13-14-29-26(32)23-15-18(11-12-25(23)35-2)16-31-27(33)21-8-3-4-9-22(21)28(31)34/h3-12,15,30H,13-14,16H2,1-2H3,(H,29,32). The van der Waals surface area contributed by atoms with E-state index >= 15 is 0 Å². The van der Waals surface area contributed by atoms with Gasteiger partial charge in [-0.3, -0.25) is 19.3 Å². The molecule has 176 valence electrons. The molecule has 7 heteroatoms. The van der Waals surface area contributed by atoms with Crippen LogP contribution < -0.4 is 10.1 Å². The van der Waals surface area contributed by atoms with Gasteiger partial charge < -0.3 is 15.0 Å². The molecule has 0 spiro atoms. The number of carbonyl (C=O) groups is 3. The molecule has 1 aliphatic heterocycles. The molecule has 1 aromatic heterocycles. The predicted molar refractivity (Wildman–Crippen MR) is 133 cm³/mol. The zero-order valence-electron chi connectivity index (χ0n) is 19.6. The molecule has 0 atom stereocenters. The van der Waals surface area contributed by atoms with Gasteiger partial charge in [0.15, 0.2) is 0 Å². The molecule has 7 nitrogen and oxygen atoms in total. The average molecular weight is 468 g/mol. The summed E-state index contributed by atoms with van der Waals surface area (Å²) in [5.41, 5.74) is 5.16. The number of amides is 3. The number of H-pyrrole nitrogens is 1. The summed E-state index contributed by atoms with van der Waals surface area (Å²) >= 11 is 0. The van der Waals surface area contributed by atoms with Gasteiger partial charge in [0.05, 0.1) is 30.3 Å². The number of aryl methyl sites for hydroxylation is 1. The molecule has 0 radical (unpaired) electrons. The fourth-order valence-corrected chi connectivity index (χ4v) is 4.65. The molecule has 2 heterocycles. The van der Waals surface area contributed by atoms with Crippen molar-refractivity contribution in [3.63, 3.8) is 0 Å². The van der Waals surface area contributed by atoms with E-state index in [-0.39, 0.29) is 24.3 Å². The summed E-state index contributed by atoms with van der Waals surface area (Å²) < 4.78 is 5.40. The molecule has 3 aromatic carbocycles. The van der Waals surface area contributed by atoms with Crippen LogP contribution in [0.3, 0.4) is 0 Å². The Hall–Kier alpha value is -4.39.